The first kappa shape index (κ1) is 14.8. The van der Waals surface area contributed by atoms with Crippen molar-refractivity contribution in [1.29, 1.82) is 0 Å². The first-order chi connectivity index (χ1) is 9.88. The van der Waals surface area contributed by atoms with Gasteiger partial charge in [0.15, 0.2) is 0 Å². The molecule has 0 saturated heterocycles. The smallest absolute Gasteiger partial charge is 0.324 e. The maximum Gasteiger partial charge on any atom is 0.324 e. The SMILES string of the molecule is O=[N+]([O-])c1cc(CNc2cc([N+](=O)[O-])c(F)cc2F)cs1. The van der Waals surface area contributed by atoms with E-state index < -0.39 is 27.2 Å². The van der Waals surface area contributed by atoms with Gasteiger partial charge in [0, 0.05) is 30.1 Å². The van der Waals surface area contributed by atoms with Gasteiger partial charge in [-0.2, -0.15) is 4.39 Å². The molecule has 0 radical (unpaired) electrons. The van der Waals surface area contributed by atoms with Crippen molar-refractivity contribution in [2.45, 2.75) is 6.54 Å². The zero-order valence-corrected chi connectivity index (χ0v) is 11.0. The zero-order valence-electron chi connectivity index (χ0n) is 10.2. The molecule has 0 fully saturated rings. The van der Waals surface area contributed by atoms with Crippen LogP contribution in [0, 0.1) is 31.9 Å². The molecule has 10 heteroatoms. The summed E-state index contributed by atoms with van der Waals surface area (Å²) in [6.45, 7) is 0.0179. The van der Waals surface area contributed by atoms with Gasteiger partial charge in [-0.1, -0.05) is 11.3 Å². The van der Waals surface area contributed by atoms with Crippen molar-refractivity contribution in [1.82, 2.24) is 0 Å². The predicted molar refractivity (Wildman–Crippen MR) is 71.3 cm³/mol. The molecule has 0 unspecified atom stereocenters. The molecule has 0 bridgehead atoms. The molecule has 1 aromatic carbocycles. The van der Waals surface area contributed by atoms with E-state index in [1.165, 1.54) is 11.4 Å². The lowest BCUT2D eigenvalue weighted by atomic mass is 10.2. The average Bonchev–Trinajstić information content (AvgIpc) is 2.86. The summed E-state index contributed by atoms with van der Waals surface area (Å²) in [5.41, 5.74) is -0.592. The predicted octanol–water partition coefficient (Wildman–Crippen LogP) is 3.45. The van der Waals surface area contributed by atoms with Crippen molar-refractivity contribution in [3.05, 3.63) is 61.0 Å². The van der Waals surface area contributed by atoms with Crippen LogP contribution >= 0.6 is 11.3 Å². The van der Waals surface area contributed by atoms with E-state index in [0.29, 0.717) is 11.6 Å². The lowest BCUT2D eigenvalue weighted by Gasteiger charge is -2.06. The zero-order chi connectivity index (χ0) is 15.6. The highest BCUT2D eigenvalue weighted by Crippen LogP contribution is 2.27. The van der Waals surface area contributed by atoms with E-state index in [-0.39, 0.29) is 17.2 Å². The number of hydrogen-bond acceptors (Lipinski definition) is 6. The molecule has 0 aliphatic carbocycles. The molecule has 1 heterocycles. The van der Waals surface area contributed by atoms with Crippen LogP contribution < -0.4 is 5.32 Å². The van der Waals surface area contributed by atoms with Crippen LogP contribution in [-0.4, -0.2) is 9.85 Å². The number of benzene rings is 1. The molecular weight excluding hydrogens is 308 g/mol. The summed E-state index contributed by atoms with van der Waals surface area (Å²) < 4.78 is 26.7. The number of nitro groups is 2. The highest BCUT2D eigenvalue weighted by Gasteiger charge is 2.18. The average molecular weight is 315 g/mol. The third-order valence-electron chi connectivity index (χ3n) is 2.54. The van der Waals surface area contributed by atoms with Gasteiger partial charge in [0.05, 0.1) is 15.5 Å². The van der Waals surface area contributed by atoms with Crippen LogP contribution in [0.5, 0.6) is 0 Å². The number of rotatable bonds is 5. The van der Waals surface area contributed by atoms with Crippen LogP contribution in [0.3, 0.4) is 0 Å². The summed E-state index contributed by atoms with van der Waals surface area (Å²) >= 11 is 0.906. The van der Waals surface area contributed by atoms with Crippen LogP contribution in [-0.2, 0) is 6.54 Å². The highest BCUT2D eigenvalue weighted by molar-refractivity contribution is 7.13. The summed E-state index contributed by atoms with van der Waals surface area (Å²) in [6, 6.07) is 2.45. The third kappa shape index (κ3) is 3.28. The van der Waals surface area contributed by atoms with Gasteiger partial charge in [0.2, 0.25) is 5.82 Å². The molecule has 0 amide bonds. The van der Waals surface area contributed by atoms with Crippen LogP contribution in [0.25, 0.3) is 0 Å². The van der Waals surface area contributed by atoms with E-state index in [4.69, 9.17) is 0 Å². The Bertz CT molecular complexity index is 719. The fourth-order valence-electron chi connectivity index (χ4n) is 1.56. The Morgan fingerprint density at radius 2 is 1.81 bits per heavy atom. The minimum absolute atomic E-state index is 0.0179. The number of nitrogens with zero attached hydrogens (tertiary/aromatic N) is 2. The van der Waals surface area contributed by atoms with Crippen molar-refractivity contribution in [3.8, 4) is 0 Å². The molecular formula is C11H7F2N3O4S. The Morgan fingerprint density at radius 3 is 2.38 bits per heavy atom. The molecule has 0 saturated carbocycles. The van der Waals surface area contributed by atoms with E-state index in [1.54, 1.807) is 0 Å². The second-order valence-corrected chi connectivity index (χ2v) is 4.83. The van der Waals surface area contributed by atoms with Crippen molar-refractivity contribution in [3.63, 3.8) is 0 Å². The molecule has 1 aromatic heterocycles. The molecule has 110 valence electrons. The minimum atomic E-state index is -1.27. The Morgan fingerprint density at radius 1 is 1.10 bits per heavy atom. The van der Waals surface area contributed by atoms with E-state index in [9.17, 15) is 29.0 Å². The largest absolute Gasteiger partial charge is 0.378 e. The molecule has 1 N–H and O–H groups in total. The van der Waals surface area contributed by atoms with Gasteiger partial charge in [-0.15, -0.1) is 0 Å². The highest BCUT2D eigenvalue weighted by atomic mass is 32.1. The molecule has 0 aliphatic rings. The number of anilines is 1. The summed E-state index contributed by atoms with van der Waals surface area (Å²) in [5, 5.41) is 25.1. The topological polar surface area (TPSA) is 98.3 Å². The van der Waals surface area contributed by atoms with Crippen molar-refractivity contribution in [2.75, 3.05) is 5.32 Å². The maximum atomic E-state index is 13.5. The van der Waals surface area contributed by atoms with Crippen molar-refractivity contribution in [2.24, 2.45) is 0 Å². The molecule has 0 aliphatic heterocycles. The number of nitrogens with one attached hydrogen (secondary N) is 1. The monoisotopic (exact) mass is 315 g/mol. The van der Waals surface area contributed by atoms with Crippen LogP contribution in [0.4, 0.5) is 25.2 Å². The first-order valence-corrected chi connectivity index (χ1v) is 6.35. The Hall–Kier alpha value is -2.62. The van der Waals surface area contributed by atoms with Crippen LogP contribution in [0.2, 0.25) is 0 Å². The minimum Gasteiger partial charge on any atom is -0.378 e. The second kappa shape index (κ2) is 5.79. The third-order valence-corrected chi connectivity index (χ3v) is 3.47. The molecule has 7 nitrogen and oxygen atoms in total. The van der Waals surface area contributed by atoms with Crippen molar-refractivity contribution >= 4 is 27.7 Å². The van der Waals surface area contributed by atoms with E-state index in [0.717, 1.165) is 17.4 Å². The van der Waals surface area contributed by atoms with E-state index in [1.807, 2.05) is 0 Å². The van der Waals surface area contributed by atoms with E-state index >= 15 is 0 Å². The standard InChI is InChI=1S/C11H7F2N3O4S/c12-7-2-8(13)10(15(17)18)3-9(7)14-4-6-1-11(16(19)20)21-5-6/h1-3,5,14H,4H2. The Balaban J connectivity index is 2.17. The molecule has 2 aromatic rings. The number of nitro benzene ring substituents is 1. The van der Waals surface area contributed by atoms with Gasteiger partial charge < -0.3 is 5.32 Å². The molecule has 2 rings (SSSR count). The first-order valence-electron chi connectivity index (χ1n) is 5.47. The fraction of sp³-hybridized carbons (Fsp3) is 0.0909. The number of halogens is 2. The maximum absolute atomic E-state index is 13.5. The van der Waals surface area contributed by atoms with Gasteiger partial charge in [-0.25, -0.2) is 4.39 Å². The summed E-state index contributed by atoms with van der Waals surface area (Å²) in [7, 11) is 0. The van der Waals surface area contributed by atoms with Gasteiger partial charge in [-0.3, -0.25) is 20.2 Å². The number of hydrogen-bond donors (Lipinski definition) is 1. The molecule has 0 atom stereocenters. The van der Waals surface area contributed by atoms with Crippen LogP contribution in [0.15, 0.2) is 23.6 Å². The second-order valence-electron chi connectivity index (χ2n) is 3.94. The van der Waals surface area contributed by atoms with Gasteiger partial charge in [0.25, 0.3) is 0 Å². The van der Waals surface area contributed by atoms with Crippen molar-refractivity contribution < 1.29 is 18.6 Å². The Kier molecular flexibility index (Phi) is 4.08. The lowest BCUT2D eigenvalue weighted by molar-refractivity contribution is -0.387. The molecule has 21 heavy (non-hydrogen) atoms. The molecule has 0 spiro atoms. The summed E-state index contributed by atoms with van der Waals surface area (Å²) in [5.74, 6) is -2.25. The number of thiophene rings is 1. The van der Waals surface area contributed by atoms with Gasteiger partial charge in [0.1, 0.15) is 5.82 Å². The van der Waals surface area contributed by atoms with Gasteiger partial charge in [-0.05, 0) is 5.56 Å². The lowest BCUT2D eigenvalue weighted by Crippen LogP contribution is -2.03. The van der Waals surface area contributed by atoms with Gasteiger partial charge >= 0.3 is 10.7 Å². The Labute approximate surface area is 120 Å². The van der Waals surface area contributed by atoms with Crippen LogP contribution in [0.1, 0.15) is 5.56 Å². The summed E-state index contributed by atoms with van der Waals surface area (Å²) in [6.07, 6.45) is 0. The van der Waals surface area contributed by atoms with E-state index in [2.05, 4.69) is 5.32 Å². The quantitative estimate of drug-likeness (QED) is 0.673. The normalized spacial score (nSPS) is 10.4. The summed E-state index contributed by atoms with van der Waals surface area (Å²) in [4.78, 5) is 19.6. The fourth-order valence-corrected chi connectivity index (χ4v) is 2.29.